The highest BCUT2D eigenvalue weighted by Crippen LogP contribution is 2.50. The Kier molecular flexibility index (Phi) is 5.65. The predicted molar refractivity (Wildman–Crippen MR) is 119 cm³/mol. The van der Waals surface area contributed by atoms with Crippen molar-refractivity contribution in [3.63, 3.8) is 0 Å². The van der Waals surface area contributed by atoms with E-state index in [2.05, 4.69) is 44.8 Å². The van der Waals surface area contributed by atoms with Crippen LogP contribution in [0.15, 0.2) is 36.4 Å². The molecule has 2 aromatic carbocycles. The maximum Gasteiger partial charge on any atom is 0.275 e. The van der Waals surface area contributed by atoms with E-state index in [1.807, 2.05) is 19.1 Å². The number of halogens is 3. The fraction of sp³-hybridized carbons (Fsp3) is 0.409. The molecule has 1 saturated heterocycles. The van der Waals surface area contributed by atoms with Crippen LogP contribution in [0.25, 0.3) is 0 Å². The predicted octanol–water partition coefficient (Wildman–Crippen LogP) is 4.64. The molecule has 0 bridgehead atoms. The molecule has 0 spiro atoms. The summed E-state index contributed by atoms with van der Waals surface area (Å²) >= 11 is 2.18. The first kappa shape index (κ1) is 20.7. The van der Waals surface area contributed by atoms with Gasteiger partial charge >= 0.3 is 0 Å². The highest BCUT2D eigenvalue weighted by molar-refractivity contribution is 14.1. The first-order chi connectivity index (χ1) is 13.8. The minimum absolute atomic E-state index is 0.0404. The molecule has 4 nitrogen and oxygen atoms in total. The molecule has 7 heteroatoms. The highest BCUT2D eigenvalue weighted by Gasteiger charge is 2.47. The summed E-state index contributed by atoms with van der Waals surface area (Å²) in [5.74, 6) is -3.17. The maximum atomic E-state index is 14.8. The number of rotatable bonds is 3. The van der Waals surface area contributed by atoms with E-state index in [1.54, 1.807) is 18.2 Å². The van der Waals surface area contributed by atoms with Crippen LogP contribution in [0.5, 0.6) is 0 Å². The van der Waals surface area contributed by atoms with E-state index >= 15 is 0 Å². The number of anilines is 1. The van der Waals surface area contributed by atoms with Gasteiger partial charge in [-0.3, -0.25) is 9.69 Å². The van der Waals surface area contributed by atoms with Crippen molar-refractivity contribution < 1.29 is 13.6 Å². The Morgan fingerprint density at radius 1 is 1.17 bits per heavy atom. The van der Waals surface area contributed by atoms with Crippen LogP contribution >= 0.6 is 22.6 Å². The molecule has 0 saturated carbocycles. The molecule has 1 heterocycles. The molecular formula is C22H24F2IN3O. The van der Waals surface area contributed by atoms with Gasteiger partial charge in [-0.2, -0.15) is 0 Å². The molecule has 1 unspecified atom stereocenters. The van der Waals surface area contributed by atoms with E-state index in [1.165, 1.54) is 6.07 Å². The number of fused-ring (bicyclic) bond motifs is 1. The number of alkyl halides is 2. The Hall–Kier alpha value is -1.58. The van der Waals surface area contributed by atoms with E-state index in [-0.39, 0.29) is 23.9 Å². The van der Waals surface area contributed by atoms with Crippen molar-refractivity contribution in [1.29, 1.82) is 0 Å². The summed E-state index contributed by atoms with van der Waals surface area (Å²) in [6.07, 6.45) is -0.195. The zero-order chi connectivity index (χ0) is 20.8. The van der Waals surface area contributed by atoms with E-state index in [9.17, 15) is 13.6 Å². The first-order valence-corrected chi connectivity index (χ1v) is 10.9. The van der Waals surface area contributed by atoms with E-state index in [4.69, 9.17) is 0 Å². The second kappa shape index (κ2) is 7.92. The average molecular weight is 511 g/mol. The minimum Gasteiger partial charge on any atom is -0.322 e. The van der Waals surface area contributed by atoms with Gasteiger partial charge in [0.15, 0.2) is 0 Å². The lowest BCUT2D eigenvalue weighted by molar-refractivity contribution is -0.0257. The second-order valence-electron chi connectivity index (χ2n) is 7.93. The van der Waals surface area contributed by atoms with Gasteiger partial charge in [-0.05, 0) is 72.0 Å². The van der Waals surface area contributed by atoms with Crippen molar-refractivity contribution in [3.8, 4) is 0 Å². The Bertz CT molecular complexity index is 942. The summed E-state index contributed by atoms with van der Waals surface area (Å²) in [7, 11) is 2.05. The summed E-state index contributed by atoms with van der Waals surface area (Å²) in [6, 6.07) is 10.2. The van der Waals surface area contributed by atoms with Crippen LogP contribution in [0.2, 0.25) is 0 Å². The maximum absolute atomic E-state index is 14.8. The molecule has 154 valence electrons. The third-order valence-corrected chi connectivity index (χ3v) is 7.17. The molecule has 1 N–H and O–H groups in total. The molecule has 29 heavy (non-hydrogen) atoms. The number of nitrogens with zero attached hydrogens (tertiary/aromatic N) is 2. The van der Waals surface area contributed by atoms with Crippen LogP contribution in [0, 0.1) is 10.5 Å². The molecule has 1 aliphatic carbocycles. The molecule has 2 aromatic rings. The molecule has 1 atom stereocenters. The van der Waals surface area contributed by atoms with Gasteiger partial charge in [0.25, 0.3) is 11.8 Å². The van der Waals surface area contributed by atoms with Gasteiger partial charge in [-0.15, -0.1) is 0 Å². The van der Waals surface area contributed by atoms with Gasteiger partial charge in [0.1, 0.15) is 0 Å². The van der Waals surface area contributed by atoms with E-state index in [0.29, 0.717) is 16.8 Å². The zero-order valence-electron chi connectivity index (χ0n) is 16.5. The minimum atomic E-state index is -2.89. The molecule has 1 aliphatic heterocycles. The lowest BCUT2D eigenvalue weighted by atomic mass is 10.0. The number of hydrogen-bond acceptors (Lipinski definition) is 3. The van der Waals surface area contributed by atoms with Crippen LogP contribution in [0.3, 0.4) is 0 Å². The van der Waals surface area contributed by atoms with Crippen LogP contribution in [0.1, 0.15) is 39.5 Å². The molecule has 4 rings (SSSR count). The Morgan fingerprint density at radius 3 is 2.62 bits per heavy atom. The second-order valence-corrected chi connectivity index (χ2v) is 9.09. The van der Waals surface area contributed by atoms with Crippen molar-refractivity contribution in [3.05, 3.63) is 62.2 Å². The van der Waals surface area contributed by atoms with E-state index < -0.39 is 5.92 Å². The van der Waals surface area contributed by atoms with Crippen LogP contribution in [-0.4, -0.2) is 48.9 Å². The summed E-state index contributed by atoms with van der Waals surface area (Å²) in [4.78, 5) is 17.1. The summed E-state index contributed by atoms with van der Waals surface area (Å²) in [5, 5.41) is 2.80. The van der Waals surface area contributed by atoms with Gasteiger partial charge in [-0.1, -0.05) is 12.1 Å². The number of benzene rings is 2. The molecular weight excluding hydrogens is 487 g/mol. The van der Waals surface area contributed by atoms with E-state index in [0.717, 1.165) is 35.3 Å². The summed E-state index contributed by atoms with van der Waals surface area (Å²) in [6.45, 7) is 5.25. The lowest BCUT2D eigenvalue weighted by Gasteiger charge is -2.36. The van der Waals surface area contributed by atoms with Crippen molar-refractivity contribution in [2.75, 3.05) is 38.5 Å². The Balaban J connectivity index is 1.58. The molecule has 1 fully saturated rings. The number of carbonyl (C=O) groups excluding carboxylic acids is 1. The summed E-state index contributed by atoms with van der Waals surface area (Å²) in [5.41, 5.74) is 2.57. The van der Waals surface area contributed by atoms with Gasteiger partial charge in [0.05, 0.1) is 0 Å². The van der Waals surface area contributed by atoms with Crippen LogP contribution in [-0.2, 0) is 5.92 Å². The SMILES string of the molecule is Cc1c(I)cccc1C(=O)Nc1ccc2c(c1)C(F)(F)CC2N1CCN(C)CC1. The smallest absolute Gasteiger partial charge is 0.275 e. The highest BCUT2D eigenvalue weighted by atomic mass is 127. The third kappa shape index (κ3) is 4.04. The zero-order valence-corrected chi connectivity index (χ0v) is 18.7. The van der Waals surface area contributed by atoms with Crippen LogP contribution in [0.4, 0.5) is 14.5 Å². The fourth-order valence-corrected chi connectivity index (χ4v) is 4.71. The topological polar surface area (TPSA) is 35.6 Å². The number of likely N-dealkylation sites (N-methyl/N-ethyl adjacent to an activating group) is 1. The van der Waals surface area contributed by atoms with Gasteiger partial charge in [0.2, 0.25) is 0 Å². The number of hydrogen-bond donors (Lipinski definition) is 1. The monoisotopic (exact) mass is 511 g/mol. The van der Waals surface area contributed by atoms with Crippen LogP contribution < -0.4 is 5.32 Å². The number of carbonyl (C=O) groups is 1. The number of nitrogens with one attached hydrogen (secondary N) is 1. The molecule has 0 aromatic heterocycles. The quantitative estimate of drug-likeness (QED) is 0.611. The first-order valence-electron chi connectivity index (χ1n) is 9.77. The van der Waals surface area contributed by atoms with Crippen molar-refractivity contribution in [2.24, 2.45) is 0 Å². The number of piperazine rings is 1. The Labute approximate surface area is 183 Å². The molecule has 0 radical (unpaired) electrons. The fourth-order valence-electron chi connectivity index (χ4n) is 4.22. The largest absolute Gasteiger partial charge is 0.322 e. The average Bonchev–Trinajstić information content (AvgIpc) is 2.95. The summed E-state index contributed by atoms with van der Waals surface area (Å²) < 4.78 is 30.6. The number of amides is 1. The van der Waals surface area contributed by atoms with Gasteiger partial charge in [0, 0.05) is 59.0 Å². The standard InChI is InChI=1S/C22H24F2IN3O/c1-14-16(4-3-5-19(14)25)21(29)26-15-6-7-17-18(12-15)22(23,24)13-20(17)28-10-8-27(2)9-11-28/h3-7,12,20H,8-11,13H2,1-2H3,(H,26,29). The third-order valence-electron chi connectivity index (χ3n) is 6.00. The van der Waals surface area contributed by atoms with Gasteiger partial charge in [-0.25, -0.2) is 8.78 Å². The van der Waals surface area contributed by atoms with Gasteiger partial charge < -0.3 is 10.2 Å². The van der Waals surface area contributed by atoms with Crippen molar-refractivity contribution in [1.82, 2.24) is 9.80 Å². The normalized spacial score (nSPS) is 21.8. The Morgan fingerprint density at radius 2 is 1.90 bits per heavy atom. The molecule has 1 amide bonds. The molecule has 2 aliphatic rings. The lowest BCUT2D eigenvalue weighted by Crippen LogP contribution is -2.45. The van der Waals surface area contributed by atoms with Crippen molar-refractivity contribution in [2.45, 2.75) is 25.3 Å². The van der Waals surface area contributed by atoms with Crippen molar-refractivity contribution >= 4 is 34.2 Å².